The standard InChI is InChI=1S/C19H28N2O5S2/c22-17(20-13-15-5-2-1-3-6-15)14-26-19(23)16-8-10-21(11-9-16)28(24,25)18-7-4-12-27-18/h4,7,12,15-16H,1-3,5-6,8-11,13-14H2,(H,20,22). The zero-order valence-corrected chi connectivity index (χ0v) is 17.6. The number of sulfonamides is 1. The van der Waals surface area contributed by atoms with Gasteiger partial charge in [-0.1, -0.05) is 25.3 Å². The molecule has 1 saturated carbocycles. The molecule has 1 aliphatic carbocycles. The first-order chi connectivity index (χ1) is 13.5. The van der Waals surface area contributed by atoms with E-state index >= 15 is 0 Å². The Labute approximate surface area is 170 Å². The molecule has 3 rings (SSSR count). The third kappa shape index (κ3) is 5.55. The fourth-order valence-corrected chi connectivity index (χ4v) is 6.44. The normalized spacial score (nSPS) is 20.0. The van der Waals surface area contributed by atoms with E-state index in [1.165, 1.54) is 34.9 Å². The zero-order chi connectivity index (χ0) is 20.0. The number of nitrogens with one attached hydrogen (secondary N) is 1. The number of hydrogen-bond acceptors (Lipinski definition) is 6. The Hall–Kier alpha value is -1.45. The monoisotopic (exact) mass is 428 g/mol. The molecule has 28 heavy (non-hydrogen) atoms. The summed E-state index contributed by atoms with van der Waals surface area (Å²) in [6.07, 6.45) is 6.82. The van der Waals surface area contributed by atoms with Gasteiger partial charge in [-0.3, -0.25) is 9.59 Å². The Morgan fingerprint density at radius 1 is 1.14 bits per heavy atom. The van der Waals surface area contributed by atoms with Crippen molar-refractivity contribution >= 4 is 33.2 Å². The Kier molecular flexibility index (Phi) is 7.48. The maximum Gasteiger partial charge on any atom is 0.309 e. The van der Waals surface area contributed by atoms with Crippen LogP contribution in [-0.4, -0.2) is 50.8 Å². The Balaban J connectivity index is 1.37. The van der Waals surface area contributed by atoms with E-state index in [0.29, 0.717) is 29.5 Å². The smallest absolute Gasteiger partial charge is 0.309 e. The highest BCUT2D eigenvalue weighted by molar-refractivity contribution is 7.91. The number of rotatable bonds is 7. The van der Waals surface area contributed by atoms with Crippen LogP contribution in [0.3, 0.4) is 0 Å². The van der Waals surface area contributed by atoms with E-state index in [2.05, 4.69) is 5.32 Å². The minimum absolute atomic E-state index is 0.265. The van der Waals surface area contributed by atoms with Crippen LogP contribution < -0.4 is 5.32 Å². The van der Waals surface area contributed by atoms with Gasteiger partial charge in [0.15, 0.2) is 6.61 Å². The largest absolute Gasteiger partial charge is 0.455 e. The van der Waals surface area contributed by atoms with E-state index in [4.69, 9.17) is 4.74 Å². The minimum atomic E-state index is -3.48. The van der Waals surface area contributed by atoms with E-state index in [1.807, 2.05) is 0 Å². The van der Waals surface area contributed by atoms with Gasteiger partial charge < -0.3 is 10.1 Å². The van der Waals surface area contributed by atoms with Crippen molar-refractivity contribution in [2.45, 2.75) is 49.2 Å². The van der Waals surface area contributed by atoms with Gasteiger partial charge in [-0.05, 0) is 43.0 Å². The molecule has 7 nitrogen and oxygen atoms in total. The molecule has 1 N–H and O–H groups in total. The third-order valence-electron chi connectivity index (χ3n) is 5.53. The maximum absolute atomic E-state index is 12.5. The Morgan fingerprint density at radius 2 is 1.86 bits per heavy atom. The first-order valence-electron chi connectivity index (χ1n) is 9.94. The molecule has 1 aromatic rings. The molecule has 1 aliphatic heterocycles. The van der Waals surface area contributed by atoms with Gasteiger partial charge in [-0.25, -0.2) is 8.42 Å². The number of esters is 1. The molecule has 2 aliphatic rings. The summed E-state index contributed by atoms with van der Waals surface area (Å²) in [5.74, 6) is -0.512. The number of amides is 1. The summed E-state index contributed by atoms with van der Waals surface area (Å²) >= 11 is 1.19. The molecule has 2 fully saturated rings. The van der Waals surface area contributed by atoms with Crippen LogP contribution in [0.4, 0.5) is 0 Å². The number of ether oxygens (including phenoxy) is 1. The molecule has 0 unspecified atom stereocenters. The second kappa shape index (κ2) is 9.84. The van der Waals surface area contributed by atoms with Crippen molar-refractivity contribution in [3.63, 3.8) is 0 Å². The predicted octanol–water partition coefficient (Wildman–Crippen LogP) is 2.39. The lowest BCUT2D eigenvalue weighted by Gasteiger charge is -2.29. The molecule has 1 saturated heterocycles. The van der Waals surface area contributed by atoms with Crippen LogP contribution in [0.25, 0.3) is 0 Å². The predicted molar refractivity (Wildman–Crippen MR) is 106 cm³/mol. The van der Waals surface area contributed by atoms with Gasteiger partial charge in [0, 0.05) is 19.6 Å². The minimum Gasteiger partial charge on any atom is -0.455 e. The van der Waals surface area contributed by atoms with Crippen LogP contribution in [0.2, 0.25) is 0 Å². The highest BCUT2D eigenvalue weighted by Gasteiger charge is 2.33. The lowest BCUT2D eigenvalue weighted by Crippen LogP contribution is -2.41. The molecule has 0 bridgehead atoms. The van der Waals surface area contributed by atoms with Crippen molar-refractivity contribution < 1.29 is 22.7 Å². The lowest BCUT2D eigenvalue weighted by molar-refractivity contribution is -0.153. The van der Waals surface area contributed by atoms with Crippen molar-refractivity contribution in [2.24, 2.45) is 11.8 Å². The van der Waals surface area contributed by atoms with Crippen molar-refractivity contribution in [1.29, 1.82) is 0 Å². The summed E-state index contributed by atoms with van der Waals surface area (Å²) < 4.78 is 31.9. The molecule has 9 heteroatoms. The average Bonchev–Trinajstić information content (AvgIpc) is 3.27. The molecule has 1 aromatic heterocycles. The quantitative estimate of drug-likeness (QED) is 0.673. The average molecular weight is 429 g/mol. The molecular weight excluding hydrogens is 400 g/mol. The van der Waals surface area contributed by atoms with E-state index in [9.17, 15) is 18.0 Å². The van der Waals surface area contributed by atoms with Gasteiger partial charge in [0.25, 0.3) is 15.9 Å². The van der Waals surface area contributed by atoms with Crippen molar-refractivity contribution in [3.05, 3.63) is 17.5 Å². The number of hydrogen-bond donors (Lipinski definition) is 1. The van der Waals surface area contributed by atoms with Gasteiger partial charge in [-0.2, -0.15) is 4.31 Å². The highest BCUT2D eigenvalue weighted by atomic mass is 32.2. The SMILES string of the molecule is O=C(COC(=O)C1CCN(S(=O)(=O)c2cccs2)CC1)NCC1CCCCC1. The first-order valence-corrected chi connectivity index (χ1v) is 12.3. The molecule has 2 heterocycles. The van der Waals surface area contributed by atoms with Crippen LogP contribution in [0.1, 0.15) is 44.9 Å². The molecule has 0 radical (unpaired) electrons. The van der Waals surface area contributed by atoms with Gasteiger partial charge >= 0.3 is 5.97 Å². The molecule has 0 aromatic carbocycles. The topological polar surface area (TPSA) is 92.8 Å². The van der Waals surface area contributed by atoms with E-state index < -0.39 is 16.0 Å². The molecular formula is C19H28N2O5S2. The Morgan fingerprint density at radius 3 is 2.50 bits per heavy atom. The van der Waals surface area contributed by atoms with E-state index in [1.54, 1.807) is 17.5 Å². The van der Waals surface area contributed by atoms with E-state index in [-0.39, 0.29) is 31.5 Å². The van der Waals surface area contributed by atoms with Crippen LogP contribution in [0.5, 0.6) is 0 Å². The first kappa shape index (κ1) is 21.3. The van der Waals surface area contributed by atoms with Gasteiger partial charge in [0.1, 0.15) is 4.21 Å². The number of nitrogens with zero attached hydrogens (tertiary/aromatic N) is 1. The fourth-order valence-electron chi connectivity index (χ4n) is 3.82. The van der Waals surface area contributed by atoms with Gasteiger partial charge in [0.05, 0.1) is 5.92 Å². The van der Waals surface area contributed by atoms with Gasteiger partial charge in [0.2, 0.25) is 0 Å². The highest BCUT2D eigenvalue weighted by Crippen LogP contribution is 2.27. The fraction of sp³-hybridized carbons (Fsp3) is 0.684. The van der Waals surface area contributed by atoms with E-state index in [0.717, 1.165) is 12.8 Å². The number of piperidine rings is 1. The summed E-state index contributed by atoms with van der Waals surface area (Å²) in [6, 6.07) is 3.30. The van der Waals surface area contributed by atoms with Crippen molar-refractivity contribution in [2.75, 3.05) is 26.2 Å². The van der Waals surface area contributed by atoms with Crippen LogP contribution in [-0.2, 0) is 24.3 Å². The summed E-state index contributed by atoms with van der Waals surface area (Å²) in [5.41, 5.74) is 0. The maximum atomic E-state index is 12.5. The molecule has 0 spiro atoms. The second-order valence-corrected chi connectivity index (χ2v) is 10.6. The third-order valence-corrected chi connectivity index (χ3v) is 8.81. The number of thiophene rings is 1. The van der Waals surface area contributed by atoms with Crippen LogP contribution >= 0.6 is 11.3 Å². The summed E-state index contributed by atoms with van der Waals surface area (Å²) in [6.45, 7) is 0.955. The van der Waals surface area contributed by atoms with Crippen LogP contribution in [0.15, 0.2) is 21.7 Å². The van der Waals surface area contributed by atoms with Gasteiger partial charge in [-0.15, -0.1) is 11.3 Å². The number of carbonyl (C=O) groups excluding carboxylic acids is 2. The Bertz CT molecular complexity index is 749. The lowest BCUT2D eigenvalue weighted by atomic mass is 9.89. The van der Waals surface area contributed by atoms with Crippen molar-refractivity contribution in [1.82, 2.24) is 9.62 Å². The number of carbonyl (C=O) groups is 2. The van der Waals surface area contributed by atoms with Crippen molar-refractivity contribution in [3.8, 4) is 0 Å². The molecule has 1 amide bonds. The summed E-state index contributed by atoms with van der Waals surface area (Å²) in [5, 5.41) is 4.58. The summed E-state index contributed by atoms with van der Waals surface area (Å²) in [4.78, 5) is 24.1. The molecule has 156 valence electrons. The molecule has 0 atom stereocenters. The second-order valence-electron chi connectivity index (χ2n) is 7.53. The summed E-state index contributed by atoms with van der Waals surface area (Å²) in [7, 11) is -3.48. The van der Waals surface area contributed by atoms with Crippen LogP contribution in [0, 0.1) is 11.8 Å². The zero-order valence-electron chi connectivity index (χ0n) is 16.0.